The van der Waals surface area contributed by atoms with Crippen molar-refractivity contribution in [3.63, 3.8) is 0 Å². The molecule has 0 fully saturated rings. The molecule has 0 heterocycles. The van der Waals surface area contributed by atoms with E-state index < -0.39 is 5.97 Å². The average Bonchev–Trinajstić information content (AvgIpc) is 2.53. The molecule has 25 heavy (non-hydrogen) atoms. The second-order valence-corrected chi connectivity index (χ2v) is 7.56. The number of hydrogen-bond donors (Lipinski definition) is 2. The van der Waals surface area contributed by atoms with Gasteiger partial charge in [-0.2, -0.15) is 0 Å². The minimum atomic E-state index is -0.921. The molecule has 0 amide bonds. The molecule has 0 aliphatic rings. The Morgan fingerprint density at radius 1 is 1.12 bits per heavy atom. The highest BCUT2D eigenvalue weighted by Crippen LogP contribution is 2.23. The van der Waals surface area contributed by atoms with E-state index in [1.165, 1.54) is 11.1 Å². The number of benzene rings is 2. The Balaban J connectivity index is 2.12. The Labute approximate surface area is 150 Å². The summed E-state index contributed by atoms with van der Waals surface area (Å²) >= 11 is 0. The predicted octanol–water partition coefficient (Wildman–Crippen LogP) is 5.55. The molecule has 0 bridgehead atoms. The van der Waals surface area contributed by atoms with Crippen LogP contribution in [0.1, 0.15) is 54.7 Å². The Hall–Kier alpha value is -2.55. The minimum Gasteiger partial charge on any atom is -0.478 e. The smallest absolute Gasteiger partial charge is 0.337 e. The summed E-state index contributed by atoms with van der Waals surface area (Å²) in [7, 11) is 0. The van der Waals surface area contributed by atoms with Crippen LogP contribution in [0.25, 0.3) is 0 Å². The van der Waals surface area contributed by atoms with E-state index in [9.17, 15) is 9.90 Å². The van der Waals surface area contributed by atoms with Crippen molar-refractivity contribution in [1.82, 2.24) is 0 Å². The number of anilines is 1. The Kier molecular flexibility index (Phi) is 5.68. The number of carboxylic acid groups (broad SMARTS) is 1. The third kappa shape index (κ3) is 4.96. The molecule has 0 unspecified atom stereocenters. The molecule has 2 rings (SSSR count). The maximum Gasteiger partial charge on any atom is 0.337 e. The third-order valence-corrected chi connectivity index (χ3v) is 4.27. The molecule has 0 saturated heterocycles. The lowest BCUT2D eigenvalue weighted by molar-refractivity contribution is 0.0698. The van der Waals surface area contributed by atoms with E-state index in [0.29, 0.717) is 11.3 Å². The Morgan fingerprint density at radius 2 is 1.76 bits per heavy atom. The highest BCUT2D eigenvalue weighted by molar-refractivity contribution is 5.95. The number of para-hydroxylation sites is 1. The van der Waals surface area contributed by atoms with Crippen LogP contribution in [0.2, 0.25) is 0 Å². The van der Waals surface area contributed by atoms with Gasteiger partial charge in [0.05, 0.1) is 11.3 Å². The molecule has 3 nitrogen and oxygen atoms in total. The van der Waals surface area contributed by atoms with Gasteiger partial charge in [-0.05, 0) is 48.4 Å². The molecule has 0 aliphatic heterocycles. The van der Waals surface area contributed by atoms with Gasteiger partial charge in [-0.15, -0.1) is 0 Å². The number of aromatic carboxylic acids is 1. The van der Waals surface area contributed by atoms with Gasteiger partial charge in [0.1, 0.15) is 0 Å². The summed E-state index contributed by atoms with van der Waals surface area (Å²) in [5, 5.41) is 12.5. The molecule has 0 atom stereocenters. The van der Waals surface area contributed by atoms with Crippen molar-refractivity contribution < 1.29 is 9.90 Å². The molecular weight excluding hydrogens is 310 g/mol. The summed E-state index contributed by atoms with van der Waals surface area (Å²) in [6, 6.07) is 14.0. The summed E-state index contributed by atoms with van der Waals surface area (Å²) < 4.78 is 0. The van der Waals surface area contributed by atoms with E-state index in [0.717, 1.165) is 17.6 Å². The van der Waals surface area contributed by atoms with E-state index in [1.807, 2.05) is 26.1 Å². The quantitative estimate of drug-likeness (QED) is 0.752. The average molecular weight is 337 g/mol. The van der Waals surface area contributed by atoms with Crippen molar-refractivity contribution >= 4 is 11.7 Å². The molecule has 2 aromatic rings. The number of aryl methyl sites for hydroxylation is 1. The van der Waals surface area contributed by atoms with Crippen LogP contribution >= 0.6 is 0 Å². The van der Waals surface area contributed by atoms with E-state index in [-0.39, 0.29) is 5.41 Å². The Morgan fingerprint density at radius 3 is 2.32 bits per heavy atom. The van der Waals surface area contributed by atoms with E-state index in [2.05, 4.69) is 50.4 Å². The topological polar surface area (TPSA) is 49.3 Å². The zero-order chi connectivity index (χ0) is 18.6. The fraction of sp³-hybridized carbons (Fsp3) is 0.318. The molecule has 0 saturated carbocycles. The largest absolute Gasteiger partial charge is 0.478 e. The summed E-state index contributed by atoms with van der Waals surface area (Å²) in [4.78, 5) is 11.4. The van der Waals surface area contributed by atoms with Gasteiger partial charge in [-0.1, -0.05) is 62.7 Å². The van der Waals surface area contributed by atoms with Crippen LogP contribution in [0.5, 0.6) is 0 Å². The van der Waals surface area contributed by atoms with Crippen molar-refractivity contribution in [2.75, 3.05) is 5.32 Å². The maximum absolute atomic E-state index is 11.4. The second kappa shape index (κ2) is 7.56. The summed E-state index contributed by atoms with van der Waals surface area (Å²) in [5.74, 6) is -0.921. The van der Waals surface area contributed by atoms with Crippen molar-refractivity contribution in [2.24, 2.45) is 0 Å². The Bertz CT molecular complexity index is 781. The molecular formula is C22H27NO2. The summed E-state index contributed by atoms with van der Waals surface area (Å²) in [6.45, 7) is 10.6. The van der Waals surface area contributed by atoms with Crippen LogP contribution in [0.3, 0.4) is 0 Å². The van der Waals surface area contributed by atoms with Gasteiger partial charge in [0, 0.05) is 6.20 Å². The molecule has 0 spiro atoms. The maximum atomic E-state index is 11.4. The van der Waals surface area contributed by atoms with Gasteiger partial charge in [0.25, 0.3) is 0 Å². The van der Waals surface area contributed by atoms with Crippen LogP contribution in [0, 0.1) is 6.92 Å². The highest BCUT2D eigenvalue weighted by atomic mass is 16.4. The standard InChI is InChI=1S/C22H27NO2/c1-15(13-17-9-11-18(12-10-17)22(3,4)5)14-23-20-16(2)7-6-8-19(20)21(24)25/h6-12,14,23H,13H2,1-5H3,(H,24,25). The van der Waals surface area contributed by atoms with Crippen LogP contribution in [0.4, 0.5) is 5.69 Å². The lowest BCUT2D eigenvalue weighted by Crippen LogP contribution is -2.10. The van der Waals surface area contributed by atoms with Gasteiger partial charge in [0.15, 0.2) is 0 Å². The normalized spacial score (nSPS) is 12.1. The number of nitrogens with one attached hydrogen (secondary N) is 1. The van der Waals surface area contributed by atoms with Gasteiger partial charge in [-0.3, -0.25) is 0 Å². The number of allylic oxidation sites excluding steroid dienone is 1. The molecule has 0 aromatic heterocycles. The van der Waals surface area contributed by atoms with Crippen LogP contribution in [-0.4, -0.2) is 11.1 Å². The van der Waals surface area contributed by atoms with Crippen molar-refractivity contribution in [3.05, 3.63) is 76.5 Å². The lowest BCUT2D eigenvalue weighted by Gasteiger charge is -2.19. The number of carboxylic acids is 1. The van der Waals surface area contributed by atoms with Crippen molar-refractivity contribution in [1.29, 1.82) is 0 Å². The van der Waals surface area contributed by atoms with Crippen molar-refractivity contribution in [3.8, 4) is 0 Å². The monoisotopic (exact) mass is 337 g/mol. The predicted molar refractivity (Wildman–Crippen MR) is 104 cm³/mol. The van der Waals surface area contributed by atoms with Crippen molar-refractivity contribution in [2.45, 2.75) is 46.5 Å². The second-order valence-electron chi connectivity index (χ2n) is 7.56. The van der Waals surface area contributed by atoms with E-state index >= 15 is 0 Å². The fourth-order valence-corrected chi connectivity index (χ4v) is 2.73. The zero-order valence-corrected chi connectivity index (χ0v) is 15.7. The van der Waals surface area contributed by atoms with Crippen LogP contribution < -0.4 is 5.32 Å². The minimum absolute atomic E-state index is 0.156. The fourth-order valence-electron chi connectivity index (χ4n) is 2.73. The van der Waals surface area contributed by atoms with Crippen LogP contribution in [0.15, 0.2) is 54.2 Å². The number of rotatable bonds is 5. The lowest BCUT2D eigenvalue weighted by atomic mass is 9.86. The number of carbonyl (C=O) groups is 1. The van der Waals surface area contributed by atoms with E-state index in [4.69, 9.17) is 0 Å². The van der Waals surface area contributed by atoms with E-state index in [1.54, 1.807) is 12.1 Å². The molecule has 0 radical (unpaired) electrons. The summed E-state index contributed by atoms with van der Waals surface area (Å²) in [5.41, 5.74) is 5.72. The molecule has 3 heteroatoms. The first-order chi connectivity index (χ1) is 11.7. The first-order valence-electron chi connectivity index (χ1n) is 8.53. The van der Waals surface area contributed by atoms with Gasteiger partial charge in [-0.25, -0.2) is 4.79 Å². The molecule has 2 N–H and O–H groups in total. The van der Waals surface area contributed by atoms with Gasteiger partial charge >= 0.3 is 5.97 Å². The molecule has 2 aromatic carbocycles. The van der Waals surface area contributed by atoms with Gasteiger partial charge in [0.2, 0.25) is 0 Å². The highest BCUT2D eigenvalue weighted by Gasteiger charge is 2.13. The SMILES string of the molecule is CC(=CNc1c(C)cccc1C(=O)O)Cc1ccc(C(C)(C)C)cc1. The molecule has 0 aliphatic carbocycles. The first-order valence-corrected chi connectivity index (χ1v) is 8.53. The summed E-state index contributed by atoms with van der Waals surface area (Å²) in [6.07, 6.45) is 2.72. The molecule has 132 valence electrons. The number of hydrogen-bond acceptors (Lipinski definition) is 2. The van der Waals surface area contributed by atoms with Crippen LogP contribution in [-0.2, 0) is 11.8 Å². The third-order valence-electron chi connectivity index (χ3n) is 4.27. The first kappa shape index (κ1) is 18.8. The zero-order valence-electron chi connectivity index (χ0n) is 15.7. The van der Waals surface area contributed by atoms with Gasteiger partial charge < -0.3 is 10.4 Å².